The first-order valence-corrected chi connectivity index (χ1v) is 32.7. The van der Waals surface area contributed by atoms with Crippen LogP contribution in [0.2, 0.25) is 0 Å². The molecular formula is C70H148. The maximum absolute atomic E-state index is 2.36. The summed E-state index contributed by atoms with van der Waals surface area (Å²) in [6.07, 6.45) is 43.7. The van der Waals surface area contributed by atoms with E-state index in [-0.39, 0.29) is 0 Å². The van der Waals surface area contributed by atoms with E-state index in [1.807, 2.05) is 0 Å². The van der Waals surface area contributed by atoms with Crippen LogP contribution in [-0.2, 0) is 0 Å². The fraction of sp³-hybridized carbons (Fsp3) is 1.00. The SMILES string of the molecule is CC(C)C(C)(C)C.CC1(C)CCCC1.CC1CCCC1C.CC1CCCCC1.CC1CC[C@@H](C)C1.CCC(C)C(C)C.CCC(C)C(C)C.CCC1CCCC1.CCCC(C)CC.CCCC1CCC1. The molecule has 0 aromatic rings. The molecule has 0 nitrogen and oxygen atoms in total. The van der Waals surface area contributed by atoms with Gasteiger partial charge in [0, 0.05) is 0 Å². The van der Waals surface area contributed by atoms with E-state index in [0.717, 1.165) is 76.9 Å². The van der Waals surface area contributed by atoms with Gasteiger partial charge >= 0.3 is 0 Å². The summed E-state index contributed by atoms with van der Waals surface area (Å²) < 4.78 is 0. The van der Waals surface area contributed by atoms with Crippen molar-refractivity contribution < 1.29 is 0 Å². The highest BCUT2D eigenvalue weighted by Gasteiger charge is 2.22. The quantitative estimate of drug-likeness (QED) is 0.205. The Morgan fingerprint density at radius 1 is 0.429 bits per heavy atom. The van der Waals surface area contributed by atoms with E-state index in [1.54, 1.807) is 0 Å². The van der Waals surface area contributed by atoms with Crippen LogP contribution in [0.5, 0.6) is 0 Å². The molecule has 0 N–H and O–H groups in total. The van der Waals surface area contributed by atoms with Gasteiger partial charge in [0.05, 0.1) is 0 Å². The van der Waals surface area contributed by atoms with Crippen LogP contribution in [0.1, 0.15) is 366 Å². The minimum Gasteiger partial charge on any atom is -0.0654 e. The van der Waals surface area contributed by atoms with Gasteiger partial charge in [-0.25, -0.2) is 0 Å². The fourth-order valence-corrected chi connectivity index (χ4v) is 9.71. The van der Waals surface area contributed by atoms with Crippen LogP contribution in [-0.4, -0.2) is 0 Å². The summed E-state index contributed by atoms with van der Waals surface area (Å²) in [6, 6.07) is 0. The predicted molar refractivity (Wildman–Crippen MR) is 331 cm³/mol. The molecular weight excluding hydrogens is 841 g/mol. The van der Waals surface area contributed by atoms with Crippen LogP contribution in [0.15, 0.2) is 0 Å². The lowest BCUT2D eigenvalue weighted by atomic mass is 9.82. The molecule has 0 aromatic carbocycles. The van der Waals surface area contributed by atoms with E-state index in [4.69, 9.17) is 0 Å². The maximum atomic E-state index is 2.36. The highest BCUT2D eigenvalue weighted by Crippen LogP contribution is 2.36. The second-order valence-electron chi connectivity index (χ2n) is 28.2. The van der Waals surface area contributed by atoms with E-state index in [2.05, 4.69) is 173 Å². The van der Waals surface area contributed by atoms with Gasteiger partial charge in [-0.3, -0.25) is 0 Å². The minimum absolute atomic E-state index is 0.500. The van der Waals surface area contributed by atoms with E-state index in [1.165, 1.54) is 193 Å². The Balaban J connectivity index is -0.000000346. The topological polar surface area (TPSA) is 0 Å². The van der Waals surface area contributed by atoms with Crippen LogP contribution in [0.3, 0.4) is 0 Å². The molecule has 0 aromatic heterocycles. The van der Waals surface area contributed by atoms with Gasteiger partial charge in [0.15, 0.2) is 0 Å². The maximum Gasteiger partial charge on any atom is -0.0354 e. The molecule has 6 fully saturated rings. The molecule has 7 atom stereocenters. The summed E-state index contributed by atoms with van der Waals surface area (Å²) in [5.74, 6) is 12.6. The molecule has 6 saturated carbocycles. The first kappa shape index (κ1) is 76.5. The monoisotopic (exact) mass is 989 g/mol. The summed E-state index contributed by atoms with van der Waals surface area (Å²) in [5, 5.41) is 0. The van der Waals surface area contributed by atoms with Gasteiger partial charge in [-0.15, -0.1) is 0 Å². The Kier molecular flexibility index (Phi) is 53.2. The van der Waals surface area contributed by atoms with Crippen molar-refractivity contribution in [2.45, 2.75) is 366 Å². The summed E-state index contributed by atoms with van der Waals surface area (Å²) in [5.41, 5.74) is 1.19. The molecule has 0 amide bonds. The van der Waals surface area contributed by atoms with Crippen LogP contribution < -0.4 is 0 Å². The second kappa shape index (κ2) is 48.6. The zero-order chi connectivity index (χ0) is 54.7. The van der Waals surface area contributed by atoms with Gasteiger partial charge in [-0.05, 0) is 107 Å². The van der Waals surface area contributed by atoms with Crippen molar-refractivity contribution in [2.75, 3.05) is 0 Å². The smallest absolute Gasteiger partial charge is 0.0354 e. The van der Waals surface area contributed by atoms with Crippen molar-refractivity contribution in [2.24, 2.45) is 87.8 Å². The van der Waals surface area contributed by atoms with Crippen LogP contribution in [0.25, 0.3) is 0 Å². The van der Waals surface area contributed by atoms with Crippen molar-refractivity contribution >= 4 is 0 Å². The third kappa shape index (κ3) is 51.5. The lowest BCUT2D eigenvalue weighted by molar-refractivity contribution is 0.283. The Morgan fingerprint density at radius 2 is 0.814 bits per heavy atom. The summed E-state index contributed by atoms with van der Waals surface area (Å²) in [6.45, 7) is 57.3. The third-order valence-corrected chi connectivity index (χ3v) is 18.8. The van der Waals surface area contributed by atoms with Crippen molar-refractivity contribution in [3.05, 3.63) is 0 Å². The molecule has 6 unspecified atom stereocenters. The molecule has 0 spiro atoms. The lowest BCUT2D eigenvalue weighted by Gasteiger charge is -2.24. The van der Waals surface area contributed by atoms with Gasteiger partial charge in [-0.2, -0.15) is 0 Å². The van der Waals surface area contributed by atoms with E-state index in [0.29, 0.717) is 10.8 Å². The predicted octanol–water partition coefficient (Wildman–Crippen LogP) is 26.1. The molecule has 0 saturated heterocycles. The number of rotatable bonds is 10. The molecule has 6 aliphatic rings. The molecule has 6 aliphatic carbocycles. The highest BCUT2D eigenvalue weighted by molar-refractivity contribution is 4.75. The normalized spacial score (nSPS) is 24.0. The van der Waals surface area contributed by atoms with E-state index < -0.39 is 0 Å². The summed E-state index contributed by atoms with van der Waals surface area (Å²) >= 11 is 0. The average molecular weight is 990 g/mol. The van der Waals surface area contributed by atoms with Crippen molar-refractivity contribution in [3.63, 3.8) is 0 Å². The van der Waals surface area contributed by atoms with Gasteiger partial charge in [0.25, 0.3) is 0 Å². The molecule has 0 bridgehead atoms. The van der Waals surface area contributed by atoms with Crippen molar-refractivity contribution in [1.82, 2.24) is 0 Å². The third-order valence-electron chi connectivity index (χ3n) is 18.8. The summed E-state index contributed by atoms with van der Waals surface area (Å²) in [7, 11) is 0. The first-order chi connectivity index (χ1) is 32.7. The minimum atomic E-state index is 0.500. The Bertz CT molecular complexity index is 933. The average Bonchev–Trinajstić information content (AvgIpc) is 4.14. The largest absolute Gasteiger partial charge is 0.0654 e. The molecule has 0 radical (unpaired) electrons. The molecule has 0 heteroatoms. The zero-order valence-corrected chi connectivity index (χ0v) is 54.7. The van der Waals surface area contributed by atoms with E-state index >= 15 is 0 Å². The summed E-state index contributed by atoms with van der Waals surface area (Å²) in [4.78, 5) is 0. The second-order valence-corrected chi connectivity index (χ2v) is 28.2. The van der Waals surface area contributed by atoms with Gasteiger partial charge in [-0.1, -0.05) is 346 Å². The van der Waals surface area contributed by atoms with Crippen molar-refractivity contribution in [3.8, 4) is 0 Å². The Labute approximate surface area is 451 Å². The van der Waals surface area contributed by atoms with Gasteiger partial charge in [0.1, 0.15) is 0 Å². The van der Waals surface area contributed by atoms with Crippen LogP contribution in [0.4, 0.5) is 0 Å². The van der Waals surface area contributed by atoms with Crippen LogP contribution >= 0.6 is 0 Å². The Morgan fingerprint density at radius 3 is 0.943 bits per heavy atom. The van der Waals surface area contributed by atoms with Crippen molar-refractivity contribution in [1.29, 1.82) is 0 Å². The molecule has 6 rings (SSSR count). The Hall–Kier alpha value is 0. The highest BCUT2D eigenvalue weighted by atomic mass is 14.3. The zero-order valence-electron chi connectivity index (χ0n) is 54.7. The van der Waals surface area contributed by atoms with Gasteiger partial charge < -0.3 is 0 Å². The fourth-order valence-electron chi connectivity index (χ4n) is 9.71. The molecule has 0 aliphatic heterocycles. The molecule has 428 valence electrons. The molecule has 70 heavy (non-hydrogen) atoms. The van der Waals surface area contributed by atoms with Crippen LogP contribution in [0, 0.1) is 87.8 Å². The first-order valence-electron chi connectivity index (χ1n) is 32.7. The van der Waals surface area contributed by atoms with Gasteiger partial charge in [0.2, 0.25) is 0 Å². The lowest BCUT2D eigenvalue weighted by Crippen LogP contribution is -2.12. The van der Waals surface area contributed by atoms with E-state index in [9.17, 15) is 0 Å². The standard InChI is InChI=1S/6C7H14.4C7H16/c1-6-3-4-7(2)5-6;1-7(2)5-3-4-6-7;1-6-4-3-5-7(6)2;1-7-5-3-2-4-6-7;1-2-7-5-3-4-6-7;1-2-4-7-5-3-6-7;1-6(2)7(3,4)5;2*1-5-7(4)6(2)3;1-4-6-7(3)5-2/h6-7H,3-5H2,1-2H3;3-6H2,1-2H3;6-7H,3-5H2,1-2H3;3*7H,2-6H2,1H3;6H,1-5H3;2*6-7H,5H2,1-4H3;7H,4-6H2,1-3H3/t6-,7?;;;;;;;;;/m1........./s1. The number of hydrogen-bond donors (Lipinski definition) is 0. The molecule has 0 heterocycles. The number of hydrogen-bond acceptors (Lipinski definition) is 0.